The molecule has 5 aromatic rings. The molecule has 1 N–H and O–H groups in total. The van der Waals surface area contributed by atoms with Gasteiger partial charge in [0.15, 0.2) is 128 Å². The van der Waals surface area contributed by atoms with Crippen LogP contribution in [0.1, 0.15) is 167 Å². The summed E-state index contributed by atoms with van der Waals surface area (Å²) in [5.41, 5.74) is -22.4. The Kier molecular flexibility index (Phi) is 20.8. The zero-order valence-corrected chi connectivity index (χ0v) is 48.6. The average Bonchev–Trinajstić information content (AvgIpc) is 1.52. The summed E-state index contributed by atoms with van der Waals surface area (Å²) in [4.78, 5) is 0.607. The van der Waals surface area contributed by atoms with E-state index < -0.39 is 245 Å². The van der Waals surface area contributed by atoms with Crippen molar-refractivity contribution in [2.75, 3.05) is 13.1 Å². The number of quaternary nitrogens is 1. The number of hydrogen-bond acceptors (Lipinski definition) is 0. The van der Waals surface area contributed by atoms with Crippen molar-refractivity contribution in [3.05, 3.63) is 190 Å². The van der Waals surface area contributed by atoms with Gasteiger partial charge in [0.05, 0.1) is 35.3 Å². The molecule has 0 heterocycles. The van der Waals surface area contributed by atoms with Gasteiger partial charge >= 0.3 is 0 Å². The van der Waals surface area contributed by atoms with E-state index in [1.807, 2.05) is 0 Å². The fourth-order valence-corrected chi connectivity index (χ4v) is 22.1. The first-order valence-corrected chi connectivity index (χ1v) is 30.9. The van der Waals surface area contributed by atoms with Crippen LogP contribution in [0.2, 0.25) is 0 Å². The highest BCUT2D eigenvalue weighted by molar-refractivity contribution is 6.88. The third-order valence-electron chi connectivity index (χ3n) is 17.9. The summed E-state index contributed by atoms with van der Waals surface area (Å²) in [7, 11) is 0. The second-order valence-corrected chi connectivity index (χ2v) is 27.6. The second-order valence-electron chi connectivity index (χ2n) is 22.6. The molecule has 494 valence electrons. The maximum atomic E-state index is 17.0. The van der Waals surface area contributed by atoms with Crippen LogP contribution in [0.25, 0.3) is 23.3 Å². The minimum Gasteiger partial charge on any atom is -0.297 e. The van der Waals surface area contributed by atoms with Crippen LogP contribution >= 0.6 is 0 Å². The van der Waals surface area contributed by atoms with Crippen LogP contribution in [0.4, 0.5) is 129 Å². The van der Waals surface area contributed by atoms with E-state index in [2.05, 4.69) is 20.8 Å². The van der Waals surface area contributed by atoms with Crippen molar-refractivity contribution in [2.45, 2.75) is 124 Å². The molecular weight excluding hydrogens is 1310 g/mol. The number of allylic oxidation sites excluding steroid dienone is 4. The minimum absolute atomic E-state index is 0.317. The Morgan fingerprint density at radius 3 is 0.890 bits per heavy atom. The van der Waals surface area contributed by atoms with Crippen LogP contribution < -0.4 is 4.90 Å². The molecule has 0 radical (unpaired) electrons. The molecule has 0 aliphatic heterocycles. The normalized spacial score (nSPS) is 19.0. The van der Waals surface area contributed by atoms with Crippen molar-refractivity contribution in [1.82, 2.24) is 0 Å². The third kappa shape index (κ3) is 10.9. The second kappa shape index (κ2) is 26.9. The number of fused-ring (bicyclic) bond motifs is 4. The first-order chi connectivity index (χ1) is 42.7. The molecule has 0 saturated carbocycles. The van der Waals surface area contributed by atoms with Crippen molar-refractivity contribution < 1.29 is 128 Å². The molecule has 0 aromatic heterocycles. The first kappa shape index (κ1) is 70.5. The lowest BCUT2D eigenvalue weighted by atomic mass is 9.95. The summed E-state index contributed by atoms with van der Waals surface area (Å²) in [6.45, 7) is 8.72. The number of unbranched alkanes of at least 4 members (excludes halogenated alkanes) is 7. The lowest BCUT2D eigenvalue weighted by Gasteiger charge is -2.54. The predicted molar refractivity (Wildman–Crippen MR) is 276 cm³/mol. The van der Waals surface area contributed by atoms with Gasteiger partial charge in [0.2, 0.25) is 30.4 Å². The molecule has 0 fully saturated rings. The van der Waals surface area contributed by atoms with Crippen LogP contribution in [0.5, 0.6) is 0 Å². The summed E-state index contributed by atoms with van der Waals surface area (Å²) >= 11 is -8.89. The molecule has 5 aromatic carbocycles. The smallest absolute Gasteiger partial charge is 0.225 e. The van der Waals surface area contributed by atoms with E-state index in [1.54, 1.807) is 0 Å². The Bertz CT molecular complexity index is 3520. The van der Waals surface area contributed by atoms with E-state index in [-0.39, 0.29) is 5.69 Å². The van der Waals surface area contributed by atoms with Gasteiger partial charge in [-0.05, 0) is 54.4 Å². The number of hydrogen-bond donors (Lipinski definition) is 1. The highest BCUT2D eigenvalue weighted by atomic mass is 27.2. The van der Waals surface area contributed by atoms with Gasteiger partial charge in [0.1, 0.15) is 23.3 Å². The molecule has 0 bridgehead atoms. The van der Waals surface area contributed by atoms with E-state index in [4.69, 9.17) is 0 Å². The Labute approximate surface area is 501 Å². The van der Waals surface area contributed by atoms with Crippen LogP contribution in [0, 0.1) is 129 Å². The summed E-state index contributed by atoms with van der Waals surface area (Å²) in [5.74, 6) is -82.3. The Balaban J connectivity index is 0.000000300. The Hall–Kier alpha value is -6.41. The summed E-state index contributed by atoms with van der Waals surface area (Å²) in [6.07, 6.45) is 12.9. The number of benzene rings is 5. The molecule has 9 rings (SSSR count). The summed E-state index contributed by atoms with van der Waals surface area (Å²) < 4.78 is 417. The fraction of sp³-hybridized carbons (Fsp3) is 0.377. The molecular formula is C61H46AlF28N. The molecule has 0 saturated heterocycles. The van der Waals surface area contributed by atoms with E-state index >= 15 is 87.8 Å². The zero-order chi connectivity index (χ0) is 67.8. The number of rotatable bonds is 20. The van der Waals surface area contributed by atoms with Gasteiger partial charge < -0.3 is 0 Å². The van der Waals surface area contributed by atoms with E-state index in [0.29, 0.717) is 23.9 Å². The zero-order valence-electron chi connectivity index (χ0n) is 47.4. The van der Waals surface area contributed by atoms with Gasteiger partial charge in [-0.2, -0.15) is 8.78 Å². The van der Waals surface area contributed by atoms with E-state index in [0.717, 1.165) is 51.4 Å². The van der Waals surface area contributed by atoms with Crippen molar-refractivity contribution >= 4 is 42.1 Å². The molecule has 1 nitrogen and oxygen atoms in total. The predicted octanol–water partition coefficient (Wildman–Crippen LogP) is 20.9. The highest BCUT2D eigenvalue weighted by Gasteiger charge is 2.70. The largest absolute Gasteiger partial charge is 0.297 e. The topological polar surface area (TPSA) is 4.44 Å². The van der Waals surface area contributed by atoms with Gasteiger partial charge in [-0.25, -0.2) is 114 Å². The van der Waals surface area contributed by atoms with Crippen LogP contribution in [-0.4, -0.2) is 26.2 Å². The van der Waals surface area contributed by atoms with Gasteiger partial charge in [-0.15, -0.1) is 0 Å². The third-order valence-corrected chi connectivity index (χ3v) is 25.0. The maximum Gasteiger partial charge on any atom is 0.225 e. The molecule has 4 aliphatic rings. The Morgan fingerprint density at radius 2 is 0.582 bits per heavy atom. The summed E-state index contributed by atoms with van der Waals surface area (Å²) in [5, 5.41) is 0. The van der Waals surface area contributed by atoms with Gasteiger partial charge in [0, 0.05) is 5.56 Å². The van der Waals surface area contributed by atoms with Gasteiger partial charge in [-0.3, -0.25) is 4.90 Å². The molecule has 0 spiro atoms. The lowest BCUT2D eigenvalue weighted by Crippen LogP contribution is -3.08. The van der Waals surface area contributed by atoms with Crippen molar-refractivity contribution in [2.24, 2.45) is 5.92 Å². The number of halogens is 28. The SMILES string of the molecule is CCCCCCCCC[NH+](CCC(CC)CCCC)c1c(F)c(C)c(F)c(F)c1F.FC1=C(F)[CH]([Al-]([CH]2C(F)=C(F)c3c(F)c(F)c(F)c(F)c32)([CH]2C(F)=C(F)c3c(F)c(F)c(F)c(F)c32)[CH]2C(F)=C(F)c3c(F)c(F)c(F)c(F)c32)c2c(F)c(F)c(F)c(F)c21. The van der Waals surface area contributed by atoms with Crippen molar-refractivity contribution in [3.8, 4) is 0 Å². The van der Waals surface area contributed by atoms with Crippen LogP contribution in [-0.2, 0) is 0 Å². The maximum absolute atomic E-state index is 17.0. The fourth-order valence-electron chi connectivity index (χ4n) is 13.6. The Morgan fingerprint density at radius 1 is 0.297 bits per heavy atom. The lowest BCUT2D eigenvalue weighted by molar-refractivity contribution is -0.836. The molecule has 4 aliphatic carbocycles. The molecule has 6 unspecified atom stereocenters. The van der Waals surface area contributed by atoms with E-state index in [1.165, 1.54) is 32.6 Å². The molecule has 0 amide bonds. The summed E-state index contributed by atoms with van der Waals surface area (Å²) in [6, 6.07) is 0. The van der Waals surface area contributed by atoms with Crippen LogP contribution in [0.15, 0.2) is 23.3 Å². The van der Waals surface area contributed by atoms with Crippen molar-refractivity contribution in [1.29, 1.82) is 0 Å². The van der Waals surface area contributed by atoms with Gasteiger partial charge in [-0.1, -0.05) is 97.7 Å². The average molecular weight is 1350 g/mol. The van der Waals surface area contributed by atoms with Crippen LogP contribution in [0.3, 0.4) is 0 Å². The van der Waals surface area contributed by atoms with Gasteiger partial charge in [0.25, 0.3) is 0 Å². The first-order valence-electron chi connectivity index (χ1n) is 28.2. The monoisotopic (exact) mass is 1350 g/mol. The highest BCUT2D eigenvalue weighted by Crippen LogP contribution is 2.72. The molecule has 6 atom stereocenters. The van der Waals surface area contributed by atoms with Crippen molar-refractivity contribution in [3.63, 3.8) is 0 Å². The van der Waals surface area contributed by atoms with E-state index in [9.17, 15) is 35.1 Å². The minimum atomic E-state index is -8.89. The number of nitrogens with one attached hydrogen (secondary N) is 1. The molecule has 30 heteroatoms. The quantitative estimate of drug-likeness (QED) is 0.0260. The molecule has 91 heavy (non-hydrogen) atoms. The standard InChI is InChI=1S/C25H41F4N.4C9HF6.Al/c1-5-8-10-11-12-13-14-17-30(18-16-20(7-3)15-9-6-2)25-22(27)19(4)21(26)23(28)24(25)29;4*10-3-1-2-4(6(3)12)7(13)9(15)8(14)5(2)11;/h20H,5-18H2,1-4H3;4*1H;/q;;;;;-1/p+1.